The van der Waals surface area contributed by atoms with Crippen LogP contribution in [0.2, 0.25) is 0 Å². The third-order valence-electron chi connectivity index (χ3n) is 4.14. The van der Waals surface area contributed by atoms with Crippen molar-refractivity contribution >= 4 is 22.4 Å². The summed E-state index contributed by atoms with van der Waals surface area (Å²) in [6, 6.07) is 4.83. The molecule has 1 unspecified atom stereocenters. The van der Waals surface area contributed by atoms with Crippen LogP contribution in [0.25, 0.3) is 0 Å². The smallest absolute Gasteiger partial charge is 0.250 e. The van der Waals surface area contributed by atoms with Crippen molar-refractivity contribution in [3.63, 3.8) is 0 Å². The third-order valence-corrected chi connectivity index (χ3v) is 4.94. The Morgan fingerprint density at radius 1 is 1.46 bits per heavy atom. The summed E-state index contributed by atoms with van der Waals surface area (Å²) in [4.78, 5) is 30.6. The highest BCUT2D eigenvalue weighted by Gasteiger charge is 2.17. The number of rotatable bonds is 5. The fourth-order valence-electron chi connectivity index (χ4n) is 3.00. The number of piperidine rings is 1. The number of anilines is 1. The van der Waals surface area contributed by atoms with Crippen LogP contribution in [0.15, 0.2) is 34.6 Å². The second-order valence-corrected chi connectivity index (χ2v) is 7.20. The predicted molar refractivity (Wildman–Crippen MR) is 95.1 cm³/mol. The summed E-state index contributed by atoms with van der Waals surface area (Å²) < 4.78 is 1.37. The number of carbonyl (C=O) groups excluding carboxylic acids is 1. The quantitative estimate of drug-likeness (QED) is 0.901. The Hall–Kier alpha value is -1.99. The number of pyridine rings is 1. The minimum atomic E-state index is -0.240. The Morgan fingerprint density at radius 2 is 2.33 bits per heavy atom. The molecule has 6 nitrogen and oxygen atoms in total. The number of nitrogens with one attached hydrogen (secondary N) is 1. The van der Waals surface area contributed by atoms with E-state index in [-0.39, 0.29) is 18.0 Å². The minimum Gasteiger partial charge on any atom is -0.306 e. The van der Waals surface area contributed by atoms with Gasteiger partial charge in [0.15, 0.2) is 5.13 Å². The first kappa shape index (κ1) is 16.9. The molecule has 1 fully saturated rings. The molecule has 1 aliphatic rings. The van der Waals surface area contributed by atoms with Gasteiger partial charge in [0.2, 0.25) is 5.91 Å². The van der Waals surface area contributed by atoms with Gasteiger partial charge in [0.05, 0.1) is 5.69 Å². The SMILES string of the molecule is CC1CCCN(Cc2csc(NC(=O)Cn3ccccc3=O)n2)C1. The Bertz CT molecular complexity index is 755. The summed E-state index contributed by atoms with van der Waals surface area (Å²) >= 11 is 1.42. The zero-order valence-electron chi connectivity index (χ0n) is 13.8. The van der Waals surface area contributed by atoms with Crippen LogP contribution in [0.5, 0.6) is 0 Å². The molecule has 24 heavy (non-hydrogen) atoms. The lowest BCUT2D eigenvalue weighted by Gasteiger charge is -2.30. The Balaban J connectivity index is 1.54. The van der Waals surface area contributed by atoms with Crippen LogP contribution in [0.3, 0.4) is 0 Å². The Morgan fingerprint density at radius 3 is 3.12 bits per heavy atom. The molecule has 2 aromatic heterocycles. The molecule has 0 aromatic carbocycles. The van der Waals surface area contributed by atoms with Gasteiger partial charge in [0.25, 0.3) is 5.56 Å². The van der Waals surface area contributed by atoms with Crippen molar-refractivity contribution in [2.75, 3.05) is 18.4 Å². The number of likely N-dealkylation sites (tertiary alicyclic amines) is 1. The van der Waals surface area contributed by atoms with Crippen LogP contribution in [-0.2, 0) is 17.9 Å². The number of hydrogen-bond donors (Lipinski definition) is 1. The van der Waals surface area contributed by atoms with E-state index in [4.69, 9.17) is 0 Å². The summed E-state index contributed by atoms with van der Waals surface area (Å²) in [6.45, 7) is 5.33. The van der Waals surface area contributed by atoms with Crippen molar-refractivity contribution in [2.24, 2.45) is 5.92 Å². The standard InChI is InChI=1S/C17H22N4O2S/c1-13-5-4-7-20(9-13)10-14-12-24-17(18-14)19-15(22)11-21-8-3-2-6-16(21)23/h2-3,6,8,12-13H,4-5,7,9-11H2,1H3,(H,18,19,22). The topological polar surface area (TPSA) is 67.2 Å². The van der Waals surface area contributed by atoms with Gasteiger partial charge in [-0.25, -0.2) is 4.98 Å². The number of amides is 1. The number of carbonyl (C=O) groups is 1. The molecule has 3 heterocycles. The first-order chi connectivity index (χ1) is 11.6. The van der Waals surface area contributed by atoms with Crippen LogP contribution < -0.4 is 10.9 Å². The molecule has 0 radical (unpaired) electrons. The maximum atomic E-state index is 12.1. The maximum absolute atomic E-state index is 12.1. The molecule has 3 rings (SSSR count). The lowest BCUT2D eigenvalue weighted by atomic mass is 10.0. The molecule has 0 saturated carbocycles. The van der Waals surface area contributed by atoms with E-state index in [1.807, 2.05) is 5.38 Å². The van der Waals surface area contributed by atoms with Crippen LogP contribution >= 0.6 is 11.3 Å². The summed E-state index contributed by atoms with van der Waals surface area (Å²) in [5.74, 6) is 0.497. The summed E-state index contributed by atoms with van der Waals surface area (Å²) in [5.41, 5.74) is 0.799. The normalized spacial score (nSPS) is 18.5. The van der Waals surface area contributed by atoms with E-state index >= 15 is 0 Å². The zero-order chi connectivity index (χ0) is 16.9. The van der Waals surface area contributed by atoms with Gasteiger partial charge in [0.1, 0.15) is 6.54 Å². The van der Waals surface area contributed by atoms with Gasteiger partial charge in [-0.3, -0.25) is 14.5 Å². The lowest BCUT2D eigenvalue weighted by Crippen LogP contribution is -2.33. The molecular formula is C17H22N4O2S. The first-order valence-corrected chi connectivity index (χ1v) is 9.10. The van der Waals surface area contributed by atoms with Crippen molar-refractivity contribution in [2.45, 2.75) is 32.9 Å². The van der Waals surface area contributed by atoms with Crippen molar-refractivity contribution in [1.29, 1.82) is 0 Å². The molecule has 0 aliphatic carbocycles. The van der Waals surface area contributed by atoms with Crippen LogP contribution in [0.1, 0.15) is 25.5 Å². The van der Waals surface area contributed by atoms with Crippen LogP contribution in [0, 0.1) is 5.92 Å². The van der Waals surface area contributed by atoms with Crippen molar-refractivity contribution in [3.05, 3.63) is 45.8 Å². The van der Waals surface area contributed by atoms with E-state index in [2.05, 4.69) is 22.1 Å². The molecule has 1 amide bonds. The van der Waals surface area contributed by atoms with Gasteiger partial charge in [0, 0.05) is 30.7 Å². The highest BCUT2D eigenvalue weighted by Crippen LogP contribution is 2.20. The van der Waals surface area contributed by atoms with Crippen LogP contribution in [0.4, 0.5) is 5.13 Å². The second-order valence-electron chi connectivity index (χ2n) is 6.34. The molecule has 1 N–H and O–H groups in total. The highest BCUT2D eigenvalue weighted by molar-refractivity contribution is 7.13. The van der Waals surface area contributed by atoms with Crippen LogP contribution in [-0.4, -0.2) is 33.4 Å². The molecule has 0 bridgehead atoms. The van der Waals surface area contributed by atoms with E-state index < -0.39 is 0 Å². The molecule has 1 aliphatic heterocycles. The van der Waals surface area contributed by atoms with E-state index in [1.165, 1.54) is 34.8 Å². The average Bonchev–Trinajstić information content (AvgIpc) is 2.96. The van der Waals surface area contributed by atoms with Gasteiger partial charge in [-0.05, 0) is 31.4 Å². The number of nitrogens with zero attached hydrogens (tertiary/aromatic N) is 3. The molecule has 0 spiro atoms. The lowest BCUT2D eigenvalue weighted by molar-refractivity contribution is -0.116. The monoisotopic (exact) mass is 346 g/mol. The van der Waals surface area contributed by atoms with Crippen molar-refractivity contribution in [3.8, 4) is 0 Å². The van der Waals surface area contributed by atoms with Crippen molar-refractivity contribution < 1.29 is 4.79 Å². The van der Waals surface area contributed by atoms with Crippen molar-refractivity contribution in [1.82, 2.24) is 14.5 Å². The maximum Gasteiger partial charge on any atom is 0.250 e. The Labute approximate surface area is 145 Å². The molecule has 2 aromatic rings. The van der Waals surface area contributed by atoms with E-state index in [1.54, 1.807) is 18.3 Å². The van der Waals surface area contributed by atoms with Gasteiger partial charge in [-0.2, -0.15) is 0 Å². The third kappa shape index (κ3) is 4.52. The van der Waals surface area contributed by atoms with Gasteiger partial charge in [-0.1, -0.05) is 13.0 Å². The predicted octanol–water partition coefficient (Wildman–Crippen LogP) is 2.18. The molecular weight excluding hydrogens is 324 g/mol. The minimum absolute atomic E-state index is 0.00176. The zero-order valence-corrected chi connectivity index (χ0v) is 14.6. The molecule has 7 heteroatoms. The number of thiazole rings is 1. The molecule has 1 atom stereocenters. The van der Waals surface area contributed by atoms with E-state index in [0.717, 1.165) is 31.2 Å². The fourth-order valence-corrected chi connectivity index (χ4v) is 3.72. The Kier molecular flexibility index (Phi) is 5.42. The summed E-state index contributed by atoms with van der Waals surface area (Å²) in [6.07, 6.45) is 4.14. The highest BCUT2D eigenvalue weighted by atomic mass is 32.1. The van der Waals surface area contributed by atoms with E-state index in [9.17, 15) is 9.59 Å². The largest absolute Gasteiger partial charge is 0.306 e. The first-order valence-electron chi connectivity index (χ1n) is 8.22. The summed E-state index contributed by atoms with van der Waals surface area (Å²) in [5, 5.41) is 5.35. The van der Waals surface area contributed by atoms with Gasteiger partial charge >= 0.3 is 0 Å². The number of hydrogen-bond acceptors (Lipinski definition) is 5. The second kappa shape index (κ2) is 7.72. The van der Waals surface area contributed by atoms with E-state index in [0.29, 0.717) is 5.13 Å². The fraction of sp³-hybridized carbons (Fsp3) is 0.471. The molecule has 128 valence electrons. The van der Waals surface area contributed by atoms with Gasteiger partial charge < -0.3 is 9.88 Å². The molecule has 1 saturated heterocycles. The average molecular weight is 346 g/mol. The number of aromatic nitrogens is 2. The summed E-state index contributed by atoms with van der Waals surface area (Å²) in [7, 11) is 0. The van der Waals surface area contributed by atoms with Gasteiger partial charge in [-0.15, -0.1) is 11.3 Å².